The Hall–Kier alpha value is -5.75. The van der Waals surface area contributed by atoms with Crippen LogP contribution in [0.3, 0.4) is 0 Å². The molecule has 10 rings (SSSR count). The number of anilines is 1. The second-order valence-electron chi connectivity index (χ2n) is 33.4. The van der Waals surface area contributed by atoms with Gasteiger partial charge in [0.1, 0.15) is 30.7 Å². The molecule has 0 aromatic heterocycles. The molecule has 19 heteroatoms. The van der Waals surface area contributed by atoms with Gasteiger partial charge >= 0.3 is 5.97 Å². The molecular weight excluding hydrogens is 1480 g/mol. The number of fused-ring (bicyclic) bond motifs is 1. The third kappa shape index (κ3) is 29.3. The van der Waals surface area contributed by atoms with Crippen molar-refractivity contribution >= 4 is 38.6 Å². The first kappa shape index (κ1) is 99.1. The van der Waals surface area contributed by atoms with Gasteiger partial charge in [-0.15, -0.1) is 6.58 Å². The number of nitrogens with zero attached hydrogens (tertiary/aromatic N) is 1. The number of benzene rings is 5. The summed E-state index contributed by atoms with van der Waals surface area (Å²) in [6.07, 6.45) is 15.8. The third-order valence-electron chi connectivity index (χ3n) is 25.4. The van der Waals surface area contributed by atoms with Gasteiger partial charge < -0.3 is 72.8 Å². The van der Waals surface area contributed by atoms with Crippen LogP contribution in [0.5, 0.6) is 0 Å². The van der Waals surface area contributed by atoms with Gasteiger partial charge in [0.15, 0.2) is 9.84 Å². The summed E-state index contributed by atoms with van der Waals surface area (Å²) in [5.74, 6) is 4.64. The lowest BCUT2D eigenvalue weighted by atomic mass is 9.75. The quantitative estimate of drug-likeness (QED) is 0.00985. The molecule has 5 fully saturated rings. The van der Waals surface area contributed by atoms with Crippen molar-refractivity contribution in [3.05, 3.63) is 169 Å². The molecule has 5 aliphatic rings. The lowest BCUT2D eigenvalue weighted by Gasteiger charge is -2.44. The fourth-order valence-corrected chi connectivity index (χ4v) is 18.9. The number of carbonyl (C=O) groups is 2. The van der Waals surface area contributed by atoms with Gasteiger partial charge in [0, 0.05) is 43.1 Å². The number of sulfone groups is 1. The maximum atomic E-state index is 13.0. The summed E-state index contributed by atoms with van der Waals surface area (Å²) in [6.45, 7) is 39.0. The molecule has 0 radical (unpaired) electrons. The van der Waals surface area contributed by atoms with Crippen molar-refractivity contribution in [2.75, 3.05) is 38.0 Å². The van der Waals surface area contributed by atoms with E-state index in [1.165, 1.54) is 43.7 Å². The Morgan fingerprint density at radius 2 is 0.853 bits per heavy atom. The molecule has 5 aromatic rings. The minimum atomic E-state index is -3.48. The van der Waals surface area contributed by atoms with E-state index in [1.807, 2.05) is 97.9 Å². The van der Waals surface area contributed by atoms with Gasteiger partial charge in [-0.3, -0.25) is 0 Å². The minimum absolute atomic E-state index is 0.000137. The van der Waals surface area contributed by atoms with E-state index in [0.29, 0.717) is 129 Å². The topological polar surface area (TPSA) is 236 Å². The maximum absolute atomic E-state index is 13.0. The Morgan fingerprint density at radius 1 is 0.448 bits per heavy atom. The number of rotatable bonds is 34. The van der Waals surface area contributed by atoms with Crippen LogP contribution in [0.15, 0.2) is 157 Å². The van der Waals surface area contributed by atoms with Crippen LogP contribution < -0.4 is 4.90 Å². The van der Waals surface area contributed by atoms with Crippen molar-refractivity contribution in [1.82, 2.24) is 0 Å². The molecule has 5 saturated heterocycles. The van der Waals surface area contributed by atoms with Gasteiger partial charge in [-0.1, -0.05) is 256 Å². The Kier molecular flexibility index (Phi) is 44.2. The zero-order valence-electron chi connectivity index (χ0n) is 73.4. The first-order valence-electron chi connectivity index (χ1n) is 43.9. The van der Waals surface area contributed by atoms with Gasteiger partial charge in [0.05, 0.1) is 117 Å². The van der Waals surface area contributed by atoms with Gasteiger partial charge in [0.2, 0.25) is 0 Å². The molecule has 0 saturated carbocycles. The number of ether oxygens (including phenoxy) is 9. The van der Waals surface area contributed by atoms with Crippen LogP contribution in [-0.2, 0) is 81.9 Å². The first-order chi connectivity index (χ1) is 55.7. The molecule has 4 N–H and O–H groups in total. The van der Waals surface area contributed by atoms with Crippen molar-refractivity contribution < 1.29 is 81.1 Å². The molecule has 0 bridgehead atoms. The van der Waals surface area contributed by atoms with E-state index in [-0.39, 0.29) is 60.6 Å². The summed E-state index contributed by atoms with van der Waals surface area (Å²) in [7, 11) is 0.365. The van der Waals surface area contributed by atoms with E-state index in [4.69, 9.17) is 42.6 Å². The molecule has 5 aliphatic heterocycles. The molecule has 650 valence electrons. The van der Waals surface area contributed by atoms with Gasteiger partial charge in [0.25, 0.3) is 0 Å². The Morgan fingerprint density at radius 3 is 1.29 bits per heavy atom. The molecule has 18 nitrogen and oxygen atoms in total. The number of aliphatic hydroxyl groups is 4. The highest BCUT2D eigenvalue weighted by Crippen LogP contribution is 2.41. The highest BCUT2D eigenvalue weighted by molar-refractivity contribution is 7.91. The minimum Gasteiger partial charge on any atom is -0.463 e. The normalized spacial score (nSPS) is 31.2. The van der Waals surface area contributed by atoms with E-state index >= 15 is 0 Å². The predicted octanol–water partition coefficient (Wildman–Crippen LogP) is 18.5. The zero-order chi connectivity index (χ0) is 85.0. The summed E-state index contributed by atoms with van der Waals surface area (Å²) in [5, 5.41) is 40.7. The molecular formula is C97H149NO17S. The lowest BCUT2D eigenvalue weighted by molar-refractivity contribution is -0.230. The fraction of sp³-hybridized carbons (Fsp3) is 0.649. The van der Waals surface area contributed by atoms with Crippen molar-refractivity contribution in [1.29, 1.82) is 0 Å². The summed E-state index contributed by atoms with van der Waals surface area (Å²) < 4.78 is 80.1. The van der Waals surface area contributed by atoms with Crippen molar-refractivity contribution in [2.24, 2.45) is 53.3 Å². The number of unbranched alkanes of at least 4 members (excludes halogenated alkanes) is 4. The van der Waals surface area contributed by atoms with E-state index in [9.17, 15) is 38.4 Å². The van der Waals surface area contributed by atoms with E-state index in [1.54, 1.807) is 19.1 Å². The predicted molar refractivity (Wildman–Crippen MR) is 466 cm³/mol. The number of aldehydes is 1. The Bertz CT molecular complexity index is 3590. The smallest absolute Gasteiger partial charge is 0.330 e. The van der Waals surface area contributed by atoms with Crippen molar-refractivity contribution in [3.63, 3.8) is 0 Å². The Balaban J connectivity index is 0.000000230. The molecule has 116 heavy (non-hydrogen) atoms. The van der Waals surface area contributed by atoms with E-state index < -0.39 is 47.0 Å². The molecule has 5 heterocycles. The molecule has 25 atom stereocenters. The largest absolute Gasteiger partial charge is 0.463 e. The molecule has 0 spiro atoms. The molecule has 0 aliphatic carbocycles. The monoisotopic (exact) mass is 1630 g/mol. The van der Waals surface area contributed by atoms with Crippen LogP contribution >= 0.6 is 0 Å². The van der Waals surface area contributed by atoms with Gasteiger partial charge in [-0.2, -0.15) is 0 Å². The SMILES string of the molecule is C=CC[C@H]1O[C@H](CC)[C@@H](C)[C@H](C)[C@H]1OCc1ccccc1.CCCCC[C@H]1O[C@H](CC)[C@@H](C)[C@H](C)[C@H]1C.CCOC(=O)/C=C/C[C@H]1O[C@H](CC)[C@@H](C)[C@H](C)[C@H]1OCc1ccccc1.CC[C@H]1O[C@H](CC=O)[C@H](OCc2ccccc2)[C@@H](C)[C@@H]1C.CN(C)c1cccc2c(S(=O)(=O)CCCCC[C@H]3O[C@H](CO)[C@@H](O)[C@H](O)[C@H]3O)cccc12. The van der Waals surface area contributed by atoms with Crippen molar-refractivity contribution in [3.8, 4) is 0 Å². The summed E-state index contributed by atoms with van der Waals surface area (Å²) in [5.41, 5.74) is 4.48. The van der Waals surface area contributed by atoms with E-state index in [2.05, 4.69) is 152 Å². The number of carbonyl (C=O) groups excluding carboxylic acids is 2. The average molecular weight is 1630 g/mol. The summed E-state index contributed by atoms with van der Waals surface area (Å²) in [6, 6.07) is 41.7. The third-order valence-corrected chi connectivity index (χ3v) is 27.2. The number of aliphatic hydroxyl groups excluding tert-OH is 4. The highest BCUT2D eigenvalue weighted by atomic mass is 32.2. The van der Waals surface area contributed by atoms with Crippen molar-refractivity contribution in [2.45, 2.75) is 323 Å². The standard InChI is InChI=1S/C23H33NO7S.C22H32O4.C19H28O2.C18H26O3.C15H30O/c1-24(2)17-10-6-9-16-15(17)8-7-12-20(16)32(29,30)13-5-3-4-11-18-21(26)23(28)22(27)19(14-25)31-18;1-5-19-16(3)17(4)22(25-15-18-11-8-7-9-12-18)20(26-19)13-10-14-21(23)24-6-2;1-5-10-18-19(15(4)14(3)17(6-2)21-18)20-13-16-11-8-7-9-12-16;1-4-16-13(2)14(3)18(17(21-16)10-11-19)20-12-15-8-6-5-7-9-15;1-6-8-9-10-15-13(5)11(3)12(4)14(7-2)16-15/h6-10,12,18-19,21-23,25-28H,3-5,11,13-14H2,1-2H3;7-12,14,16-17,19-20,22H,5-6,13,15H2,1-4H3;5,7-9,11-12,14-15,17-19H,1,6,10,13H2,2-4H3;5-9,11,13-14,16-18H,4,10,12H2,1-3H3;11-15H,6-10H2,1-5H3/b;14-10+;;;/t18-,19-,21+,22-,23-;16-,17-,19+,20+,22+;14-,15-,17+,18+,19+;13-,14-,16+,17+,18+;11-,12-,13+,14+,15+/m10000/s1. The zero-order valence-corrected chi connectivity index (χ0v) is 74.2. The maximum Gasteiger partial charge on any atom is 0.330 e. The Labute approximate surface area is 698 Å². The van der Waals surface area contributed by atoms with E-state index in [0.717, 1.165) is 71.9 Å². The average Bonchev–Trinajstić information content (AvgIpc) is 0.782. The lowest BCUT2D eigenvalue weighted by Crippen LogP contribution is -2.58. The van der Waals surface area contributed by atoms with Crippen LogP contribution in [0.2, 0.25) is 0 Å². The van der Waals surface area contributed by atoms with Crippen LogP contribution in [0.1, 0.15) is 217 Å². The van der Waals surface area contributed by atoms with Crippen LogP contribution in [0.4, 0.5) is 5.69 Å². The highest BCUT2D eigenvalue weighted by Gasteiger charge is 2.46. The number of hydrogen-bond acceptors (Lipinski definition) is 18. The van der Waals surface area contributed by atoms with Gasteiger partial charge in [-0.05, 0) is 147 Å². The summed E-state index contributed by atoms with van der Waals surface area (Å²) in [4.78, 5) is 24.8. The van der Waals surface area contributed by atoms with Crippen LogP contribution in [0.25, 0.3) is 10.8 Å². The molecule has 5 aromatic carbocycles. The second kappa shape index (κ2) is 51.8. The van der Waals surface area contributed by atoms with Crippen LogP contribution in [-0.4, -0.2) is 172 Å². The molecule has 0 unspecified atom stereocenters. The molecule has 0 amide bonds. The second-order valence-corrected chi connectivity index (χ2v) is 35.4. The summed E-state index contributed by atoms with van der Waals surface area (Å²) >= 11 is 0. The fourth-order valence-electron chi connectivity index (χ4n) is 17.3. The van der Waals surface area contributed by atoms with Gasteiger partial charge in [-0.25, -0.2) is 13.2 Å². The number of hydrogen-bond donors (Lipinski definition) is 4. The van der Waals surface area contributed by atoms with Crippen LogP contribution in [0, 0.1) is 53.3 Å². The first-order valence-corrected chi connectivity index (χ1v) is 45.5. The number of esters is 1.